The van der Waals surface area contributed by atoms with Gasteiger partial charge in [-0.1, -0.05) is 27.5 Å². The molecule has 0 radical (unpaired) electrons. The van der Waals surface area contributed by atoms with Crippen molar-refractivity contribution in [3.05, 3.63) is 68.7 Å². The third-order valence-electron chi connectivity index (χ3n) is 3.11. The Hall–Kier alpha value is -0.970. The van der Waals surface area contributed by atoms with E-state index in [1.165, 1.54) is 6.07 Å². The molecule has 0 aliphatic rings. The summed E-state index contributed by atoms with van der Waals surface area (Å²) in [6.07, 6.45) is 0.332. The van der Waals surface area contributed by atoms with Crippen LogP contribution >= 0.6 is 27.5 Å². The highest BCUT2D eigenvalue weighted by Crippen LogP contribution is 2.29. The van der Waals surface area contributed by atoms with Crippen LogP contribution in [0.5, 0.6) is 0 Å². The fraction of sp³-hybridized carbons (Fsp3) is 0.200. The predicted octanol–water partition coefficient (Wildman–Crippen LogP) is 4.88. The average molecular weight is 361 g/mol. The Labute approximate surface area is 130 Å². The van der Waals surface area contributed by atoms with E-state index >= 15 is 0 Å². The highest BCUT2D eigenvalue weighted by atomic mass is 79.9. The van der Waals surface area contributed by atoms with Crippen LogP contribution in [-0.4, -0.2) is 7.05 Å². The molecule has 0 heterocycles. The van der Waals surface area contributed by atoms with E-state index in [4.69, 9.17) is 11.6 Å². The highest BCUT2D eigenvalue weighted by Gasteiger charge is 2.16. The maximum atomic E-state index is 13.7. The van der Waals surface area contributed by atoms with Crippen molar-refractivity contribution in [3.63, 3.8) is 0 Å². The van der Waals surface area contributed by atoms with Crippen molar-refractivity contribution in [3.8, 4) is 0 Å². The summed E-state index contributed by atoms with van der Waals surface area (Å²) in [5.41, 5.74) is 1.24. The van der Waals surface area contributed by atoms with Crippen LogP contribution in [0, 0.1) is 11.6 Å². The van der Waals surface area contributed by atoms with Gasteiger partial charge in [-0.2, -0.15) is 0 Å². The van der Waals surface area contributed by atoms with Gasteiger partial charge < -0.3 is 5.32 Å². The number of hydrogen-bond donors (Lipinski definition) is 1. The molecule has 106 valence electrons. The Kier molecular flexibility index (Phi) is 5.13. The van der Waals surface area contributed by atoms with Gasteiger partial charge >= 0.3 is 0 Å². The van der Waals surface area contributed by atoms with Crippen LogP contribution in [0.25, 0.3) is 0 Å². The molecule has 1 N–H and O–H groups in total. The molecule has 5 heteroatoms. The van der Waals surface area contributed by atoms with Crippen molar-refractivity contribution < 1.29 is 8.78 Å². The Balaban J connectivity index is 2.33. The van der Waals surface area contributed by atoms with Crippen molar-refractivity contribution >= 4 is 27.5 Å². The first kappa shape index (κ1) is 15.4. The van der Waals surface area contributed by atoms with Gasteiger partial charge in [0, 0.05) is 15.5 Å². The molecule has 0 saturated carbocycles. The van der Waals surface area contributed by atoms with Crippen molar-refractivity contribution in [2.24, 2.45) is 0 Å². The second-order valence-electron chi connectivity index (χ2n) is 4.45. The first-order chi connectivity index (χ1) is 9.51. The first-order valence-electron chi connectivity index (χ1n) is 6.07. The van der Waals surface area contributed by atoms with Crippen LogP contribution in [0.3, 0.4) is 0 Å². The Morgan fingerprint density at radius 2 is 1.95 bits per heavy atom. The third-order valence-corrected chi connectivity index (χ3v) is 4.07. The molecule has 0 amide bonds. The lowest BCUT2D eigenvalue weighted by molar-refractivity contribution is 0.543. The molecule has 2 aromatic rings. The van der Waals surface area contributed by atoms with Crippen molar-refractivity contribution in [1.82, 2.24) is 5.32 Å². The van der Waals surface area contributed by atoms with Crippen LogP contribution in [0.2, 0.25) is 5.02 Å². The summed E-state index contributed by atoms with van der Waals surface area (Å²) >= 11 is 9.45. The molecule has 1 nitrogen and oxygen atoms in total. The molecule has 1 unspecified atom stereocenters. The van der Waals surface area contributed by atoms with Gasteiger partial charge in [-0.3, -0.25) is 0 Å². The number of rotatable bonds is 4. The molecule has 2 rings (SSSR count). The summed E-state index contributed by atoms with van der Waals surface area (Å²) in [5.74, 6) is -0.855. The lowest BCUT2D eigenvalue weighted by Crippen LogP contribution is -2.20. The third kappa shape index (κ3) is 3.57. The largest absolute Gasteiger partial charge is 0.313 e. The lowest BCUT2D eigenvalue weighted by atomic mass is 9.98. The molecule has 0 aliphatic carbocycles. The van der Waals surface area contributed by atoms with E-state index in [9.17, 15) is 8.78 Å². The van der Waals surface area contributed by atoms with Gasteiger partial charge in [0.15, 0.2) is 0 Å². The maximum Gasteiger partial charge on any atom is 0.126 e. The summed E-state index contributed by atoms with van der Waals surface area (Å²) in [7, 11) is 1.77. The van der Waals surface area contributed by atoms with Crippen molar-refractivity contribution in [1.29, 1.82) is 0 Å². The Bertz CT molecular complexity index is 619. The molecule has 20 heavy (non-hydrogen) atoms. The van der Waals surface area contributed by atoms with Gasteiger partial charge in [0.2, 0.25) is 0 Å². The minimum atomic E-state index is -0.443. The Morgan fingerprint density at radius 3 is 2.65 bits per heavy atom. The number of nitrogens with one attached hydrogen (secondary N) is 1. The fourth-order valence-electron chi connectivity index (χ4n) is 2.07. The van der Waals surface area contributed by atoms with E-state index in [-0.39, 0.29) is 6.04 Å². The molecular formula is C15H13BrClF2N. The smallest absolute Gasteiger partial charge is 0.126 e. The number of hydrogen-bond acceptors (Lipinski definition) is 1. The monoisotopic (exact) mass is 359 g/mol. The molecule has 0 aliphatic heterocycles. The summed E-state index contributed by atoms with van der Waals surface area (Å²) < 4.78 is 27.8. The molecular weight excluding hydrogens is 348 g/mol. The lowest BCUT2D eigenvalue weighted by Gasteiger charge is -2.19. The second kappa shape index (κ2) is 6.66. The van der Waals surface area contributed by atoms with E-state index in [1.807, 2.05) is 12.1 Å². The maximum absolute atomic E-state index is 13.7. The summed E-state index contributed by atoms with van der Waals surface area (Å²) in [4.78, 5) is 0. The summed E-state index contributed by atoms with van der Waals surface area (Å²) in [5, 5.41) is 3.70. The van der Waals surface area contributed by atoms with Gasteiger partial charge in [0.1, 0.15) is 11.6 Å². The fourth-order valence-corrected chi connectivity index (χ4v) is 2.77. The van der Waals surface area contributed by atoms with E-state index < -0.39 is 11.6 Å². The zero-order chi connectivity index (χ0) is 14.7. The van der Waals surface area contributed by atoms with Crippen molar-refractivity contribution in [2.45, 2.75) is 12.5 Å². The van der Waals surface area contributed by atoms with E-state index in [0.29, 0.717) is 17.0 Å². The topological polar surface area (TPSA) is 12.0 Å². The van der Waals surface area contributed by atoms with E-state index in [1.54, 1.807) is 13.1 Å². The van der Waals surface area contributed by atoms with Gasteiger partial charge in [-0.15, -0.1) is 0 Å². The molecule has 1 atom stereocenters. The van der Waals surface area contributed by atoms with Crippen molar-refractivity contribution in [2.75, 3.05) is 7.05 Å². The van der Waals surface area contributed by atoms with Crippen LogP contribution < -0.4 is 5.32 Å². The van der Waals surface area contributed by atoms with E-state index in [0.717, 1.165) is 22.2 Å². The van der Waals surface area contributed by atoms with Gasteiger partial charge in [0.05, 0.1) is 0 Å². The normalized spacial score (nSPS) is 12.4. The van der Waals surface area contributed by atoms with Crippen LogP contribution in [0.4, 0.5) is 8.78 Å². The zero-order valence-corrected chi connectivity index (χ0v) is 13.1. The minimum absolute atomic E-state index is 0.167. The number of benzene rings is 2. The Morgan fingerprint density at radius 1 is 1.20 bits per heavy atom. The van der Waals surface area contributed by atoms with Crippen LogP contribution in [0.15, 0.2) is 40.9 Å². The first-order valence-corrected chi connectivity index (χ1v) is 7.24. The predicted molar refractivity (Wildman–Crippen MR) is 81.0 cm³/mol. The second-order valence-corrected chi connectivity index (χ2v) is 5.74. The quantitative estimate of drug-likeness (QED) is 0.819. The standard InChI is InChI=1S/C15H13BrClF2N/c1-20-15(12-8-10(17)2-4-13(12)16)7-9-6-11(18)3-5-14(9)19/h2-6,8,15,20H,7H2,1H3. The van der Waals surface area contributed by atoms with Gasteiger partial charge in [0.25, 0.3) is 0 Å². The SMILES string of the molecule is CNC(Cc1cc(F)ccc1F)c1cc(Cl)ccc1Br. The zero-order valence-electron chi connectivity index (χ0n) is 10.8. The molecule has 0 bridgehead atoms. The average Bonchev–Trinajstić information content (AvgIpc) is 2.42. The van der Waals surface area contributed by atoms with E-state index in [2.05, 4.69) is 21.2 Å². The highest BCUT2D eigenvalue weighted by molar-refractivity contribution is 9.10. The summed E-state index contributed by atoms with van der Waals surface area (Å²) in [6.45, 7) is 0. The molecule has 0 fully saturated rings. The number of likely N-dealkylation sites (N-methyl/N-ethyl adjacent to an activating group) is 1. The van der Waals surface area contributed by atoms with Crippen LogP contribution in [-0.2, 0) is 6.42 Å². The molecule has 2 aromatic carbocycles. The molecule has 0 saturated heterocycles. The van der Waals surface area contributed by atoms with Crippen LogP contribution in [0.1, 0.15) is 17.2 Å². The number of halogens is 4. The summed E-state index contributed by atoms with van der Waals surface area (Å²) in [6, 6.07) is 8.73. The van der Waals surface area contributed by atoms with Gasteiger partial charge in [-0.05, 0) is 61.0 Å². The molecule has 0 aromatic heterocycles. The minimum Gasteiger partial charge on any atom is -0.313 e. The van der Waals surface area contributed by atoms with Gasteiger partial charge in [-0.25, -0.2) is 8.78 Å². The molecule has 0 spiro atoms.